The highest BCUT2D eigenvalue weighted by Crippen LogP contribution is 2.37. The van der Waals surface area contributed by atoms with E-state index in [2.05, 4.69) is 13.8 Å². The molecule has 0 spiro atoms. The molecule has 1 heterocycles. The summed E-state index contributed by atoms with van der Waals surface area (Å²) in [5.41, 5.74) is 0.266. The van der Waals surface area contributed by atoms with Crippen LogP contribution >= 0.6 is 0 Å². The minimum Gasteiger partial charge on any atom is -0.481 e. The normalized spacial score (nSPS) is 17.5. The summed E-state index contributed by atoms with van der Waals surface area (Å²) >= 11 is 0. The number of hydrogen-bond donors (Lipinski definition) is 1. The lowest BCUT2D eigenvalue weighted by atomic mass is 9.82. The number of likely N-dealkylation sites (tertiary alicyclic amines) is 1. The van der Waals surface area contributed by atoms with E-state index in [0.717, 1.165) is 32.4 Å². The van der Waals surface area contributed by atoms with E-state index in [0.29, 0.717) is 13.1 Å². The summed E-state index contributed by atoms with van der Waals surface area (Å²) in [6, 6.07) is -0.00692. The van der Waals surface area contributed by atoms with Crippen LogP contribution in [-0.2, 0) is 4.79 Å². The summed E-state index contributed by atoms with van der Waals surface area (Å²) in [7, 11) is 0. The molecule has 2 amide bonds. The average Bonchev–Trinajstić information content (AvgIpc) is 2.84. The van der Waals surface area contributed by atoms with Crippen LogP contribution in [-0.4, -0.2) is 53.1 Å². The van der Waals surface area contributed by atoms with Gasteiger partial charge in [0.15, 0.2) is 0 Å². The molecule has 0 saturated carbocycles. The number of carbonyl (C=O) groups excluding carboxylic acids is 1. The first-order valence-electron chi connectivity index (χ1n) is 7.23. The molecule has 19 heavy (non-hydrogen) atoms. The van der Waals surface area contributed by atoms with Crippen molar-refractivity contribution < 1.29 is 14.7 Å². The van der Waals surface area contributed by atoms with Gasteiger partial charge in [-0.25, -0.2) is 4.79 Å². The molecule has 1 aliphatic heterocycles. The quantitative estimate of drug-likeness (QED) is 0.806. The molecule has 0 aromatic carbocycles. The minimum atomic E-state index is -0.857. The van der Waals surface area contributed by atoms with Gasteiger partial charge in [-0.05, 0) is 31.6 Å². The van der Waals surface area contributed by atoms with Crippen LogP contribution in [0, 0.1) is 5.41 Å². The van der Waals surface area contributed by atoms with Gasteiger partial charge in [-0.1, -0.05) is 13.8 Å². The highest BCUT2D eigenvalue weighted by Gasteiger charge is 2.38. The lowest BCUT2D eigenvalue weighted by molar-refractivity contribution is -0.137. The molecular weight excluding hydrogens is 244 g/mol. The van der Waals surface area contributed by atoms with Crippen molar-refractivity contribution >= 4 is 12.0 Å². The van der Waals surface area contributed by atoms with Gasteiger partial charge in [0.25, 0.3) is 0 Å². The Hall–Kier alpha value is -1.26. The first-order valence-corrected chi connectivity index (χ1v) is 7.23. The maximum atomic E-state index is 12.4. The second-order valence-electron chi connectivity index (χ2n) is 5.38. The second-order valence-corrected chi connectivity index (χ2v) is 5.38. The molecule has 0 radical (unpaired) electrons. The highest BCUT2D eigenvalue weighted by molar-refractivity contribution is 5.75. The zero-order chi connectivity index (χ0) is 14.5. The van der Waals surface area contributed by atoms with E-state index in [1.807, 2.05) is 11.8 Å². The van der Waals surface area contributed by atoms with E-state index in [1.165, 1.54) is 0 Å². The Balaban J connectivity index is 2.59. The van der Waals surface area contributed by atoms with E-state index >= 15 is 0 Å². The second kappa shape index (κ2) is 6.78. The zero-order valence-electron chi connectivity index (χ0n) is 12.3. The third-order valence-corrected chi connectivity index (χ3v) is 4.46. The topological polar surface area (TPSA) is 60.9 Å². The van der Waals surface area contributed by atoms with E-state index in [-0.39, 0.29) is 17.9 Å². The molecular formula is C14H26N2O3. The number of urea groups is 1. The number of carbonyl (C=O) groups is 2. The summed E-state index contributed by atoms with van der Waals surface area (Å²) < 4.78 is 0. The van der Waals surface area contributed by atoms with Crippen molar-refractivity contribution in [1.82, 2.24) is 9.80 Å². The first-order chi connectivity index (χ1) is 8.98. The zero-order valence-corrected chi connectivity index (χ0v) is 12.3. The van der Waals surface area contributed by atoms with Gasteiger partial charge >= 0.3 is 12.0 Å². The van der Waals surface area contributed by atoms with Crippen molar-refractivity contribution in [2.24, 2.45) is 5.41 Å². The number of aliphatic carboxylic acids is 1. The van der Waals surface area contributed by atoms with Crippen LogP contribution in [0.15, 0.2) is 0 Å². The maximum Gasteiger partial charge on any atom is 0.320 e. The molecule has 0 aromatic rings. The number of carboxylic acids is 1. The van der Waals surface area contributed by atoms with Crippen molar-refractivity contribution in [1.29, 1.82) is 0 Å². The highest BCUT2D eigenvalue weighted by atomic mass is 16.4. The predicted molar refractivity (Wildman–Crippen MR) is 74.1 cm³/mol. The molecule has 1 fully saturated rings. The Kier molecular flexibility index (Phi) is 5.63. The lowest BCUT2D eigenvalue weighted by Gasteiger charge is -2.29. The molecule has 1 N–H and O–H groups in total. The van der Waals surface area contributed by atoms with Crippen LogP contribution in [0.25, 0.3) is 0 Å². The Morgan fingerprint density at radius 2 is 1.89 bits per heavy atom. The molecule has 5 nitrogen and oxygen atoms in total. The molecule has 0 unspecified atom stereocenters. The van der Waals surface area contributed by atoms with Gasteiger partial charge in [0.05, 0.1) is 6.42 Å². The number of amides is 2. The van der Waals surface area contributed by atoms with Crippen molar-refractivity contribution in [3.05, 3.63) is 0 Å². The third-order valence-electron chi connectivity index (χ3n) is 4.46. The monoisotopic (exact) mass is 270 g/mol. The van der Waals surface area contributed by atoms with Crippen LogP contribution < -0.4 is 0 Å². The Morgan fingerprint density at radius 3 is 2.32 bits per heavy atom. The van der Waals surface area contributed by atoms with Crippen LogP contribution in [0.4, 0.5) is 4.79 Å². The molecule has 0 aromatic heterocycles. The predicted octanol–water partition coefficient (Wildman–Crippen LogP) is 2.42. The summed E-state index contributed by atoms with van der Waals surface area (Å²) in [5.74, 6) is -0.857. The van der Waals surface area contributed by atoms with Gasteiger partial charge in [-0.15, -0.1) is 0 Å². The fourth-order valence-electron chi connectivity index (χ4n) is 2.75. The first kappa shape index (κ1) is 15.8. The fourth-order valence-corrected chi connectivity index (χ4v) is 2.75. The minimum absolute atomic E-state index is 0.00692. The lowest BCUT2D eigenvalue weighted by Crippen LogP contribution is -2.43. The van der Waals surface area contributed by atoms with Crippen LogP contribution in [0.5, 0.6) is 0 Å². The third kappa shape index (κ3) is 3.85. The maximum absolute atomic E-state index is 12.4. The summed E-state index contributed by atoms with van der Waals surface area (Å²) in [6.07, 6.45) is 3.26. The van der Waals surface area contributed by atoms with Crippen molar-refractivity contribution in [2.45, 2.75) is 46.5 Å². The number of nitrogens with zero attached hydrogens (tertiary/aromatic N) is 2. The SMILES string of the molecule is CCN(CCC(=O)O)C(=O)N1CCC(CC)(CC)C1. The average molecular weight is 270 g/mol. The molecule has 5 heteroatoms. The molecule has 0 bridgehead atoms. The number of hydrogen-bond acceptors (Lipinski definition) is 2. The fraction of sp³-hybridized carbons (Fsp3) is 0.857. The van der Waals surface area contributed by atoms with Gasteiger partial charge in [-0.3, -0.25) is 4.79 Å². The summed E-state index contributed by atoms with van der Waals surface area (Å²) in [5, 5.41) is 8.71. The van der Waals surface area contributed by atoms with Crippen LogP contribution in [0.2, 0.25) is 0 Å². The summed E-state index contributed by atoms with van der Waals surface area (Å²) in [6.45, 7) is 8.72. The van der Waals surface area contributed by atoms with Gasteiger partial charge < -0.3 is 14.9 Å². The van der Waals surface area contributed by atoms with Gasteiger partial charge in [0, 0.05) is 26.2 Å². The van der Waals surface area contributed by atoms with Crippen molar-refractivity contribution in [3.63, 3.8) is 0 Å². The van der Waals surface area contributed by atoms with E-state index in [1.54, 1.807) is 4.90 Å². The molecule has 1 aliphatic rings. The van der Waals surface area contributed by atoms with Gasteiger partial charge in [0.1, 0.15) is 0 Å². The van der Waals surface area contributed by atoms with Crippen LogP contribution in [0.1, 0.15) is 46.5 Å². The Bertz CT molecular complexity index is 327. The summed E-state index contributed by atoms with van der Waals surface area (Å²) in [4.78, 5) is 26.5. The molecule has 0 atom stereocenters. The molecule has 1 saturated heterocycles. The van der Waals surface area contributed by atoms with E-state index in [9.17, 15) is 9.59 Å². The van der Waals surface area contributed by atoms with Gasteiger partial charge in [-0.2, -0.15) is 0 Å². The molecule has 0 aliphatic carbocycles. The molecule has 1 rings (SSSR count). The van der Waals surface area contributed by atoms with Crippen molar-refractivity contribution in [2.75, 3.05) is 26.2 Å². The standard InChI is InChI=1S/C14H26N2O3/c1-4-14(5-2)8-10-16(11-14)13(19)15(6-3)9-7-12(17)18/h4-11H2,1-3H3,(H,17,18). The number of rotatable bonds is 6. The smallest absolute Gasteiger partial charge is 0.320 e. The Labute approximate surface area is 115 Å². The van der Waals surface area contributed by atoms with Crippen molar-refractivity contribution in [3.8, 4) is 0 Å². The van der Waals surface area contributed by atoms with Crippen LogP contribution in [0.3, 0.4) is 0 Å². The largest absolute Gasteiger partial charge is 0.481 e. The van der Waals surface area contributed by atoms with Gasteiger partial charge in [0.2, 0.25) is 0 Å². The van der Waals surface area contributed by atoms with E-state index in [4.69, 9.17) is 5.11 Å². The van der Waals surface area contributed by atoms with E-state index < -0.39 is 5.97 Å². The molecule has 110 valence electrons. The number of carboxylic acid groups (broad SMARTS) is 1. The Morgan fingerprint density at radius 1 is 1.26 bits per heavy atom.